The van der Waals surface area contributed by atoms with Crippen LogP contribution in [0.15, 0.2) is 24.5 Å². The summed E-state index contributed by atoms with van der Waals surface area (Å²) in [6.07, 6.45) is 6.78. The molecule has 1 atom stereocenters. The maximum absolute atomic E-state index is 12.6. The number of nitrogens with zero attached hydrogens (tertiary/aromatic N) is 3. The van der Waals surface area contributed by atoms with E-state index in [1.165, 1.54) is 6.42 Å². The lowest BCUT2D eigenvalue weighted by atomic mass is 10.1. The number of rotatable bonds is 3. The molecule has 1 saturated heterocycles. The summed E-state index contributed by atoms with van der Waals surface area (Å²) in [7, 11) is 1.80. The summed E-state index contributed by atoms with van der Waals surface area (Å²) in [5.41, 5.74) is 7.72. The number of carbonyl (C=O) groups excluding carboxylic acids is 1. The van der Waals surface area contributed by atoms with Crippen LogP contribution in [0.2, 0.25) is 0 Å². The number of pyridine rings is 1. The van der Waals surface area contributed by atoms with Crippen molar-refractivity contribution in [3.05, 3.63) is 30.1 Å². The highest BCUT2D eigenvalue weighted by Crippen LogP contribution is 2.18. The number of amides is 1. The Labute approximate surface area is 123 Å². The summed E-state index contributed by atoms with van der Waals surface area (Å²) in [4.78, 5) is 14.3. The predicted octanol–water partition coefficient (Wildman–Crippen LogP) is 1.56. The number of ether oxygens (including phenoxy) is 1. The van der Waals surface area contributed by atoms with Crippen LogP contribution in [-0.4, -0.2) is 46.7 Å². The molecule has 21 heavy (non-hydrogen) atoms. The van der Waals surface area contributed by atoms with Gasteiger partial charge in [0.05, 0.1) is 23.4 Å². The van der Waals surface area contributed by atoms with Gasteiger partial charge in [-0.2, -0.15) is 5.10 Å². The molecule has 0 aliphatic carbocycles. The lowest BCUT2D eigenvalue weighted by Crippen LogP contribution is -2.37. The van der Waals surface area contributed by atoms with Crippen molar-refractivity contribution >= 4 is 17.1 Å². The van der Waals surface area contributed by atoms with Gasteiger partial charge in [0.1, 0.15) is 0 Å². The molecule has 6 heteroatoms. The fourth-order valence-electron chi connectivity index (χ4n) is 2.71. The Bertz CT molecular complexity index is 646. The van der Waals surface area contributed by atoms with Crippen molar-refractivity contribution < 1.29 is 9.53 Å². The van der Waals surface area contributed by atoms with Gasteiger partial charge in [-0.3, -0.25) is 4.79 Å². The number of carbonyl (C=O) groups is 1. The molecule has 2 N–H and O–H groups in total. The topological polar surface area (TPSA) is 72.9 Å². The van der Waals surface area contributed by atoms with Crippen molar-refractivity contribution in [2.24, 2.45) is 0 Å². The monoisotopic (exact) mass is 288 g/mol. The molecule has 0 aromatic carbocycles. The van der Waals surface area contributed by atoms with E-state index in [9.17, 15) is 4.79 Å². The van der Waals surface area contributed by atoms with Gasteiger partial charge < -0.3 is 15.4 Å². The molecule has 0 spiro atoms. The van der Waals surface area contributed by atoms with Gasteiger partial charge >= 0.3 is 0 Å². The van der Waals surface area contributed by atoms with Gasteiger partial charge in [-0.05, 0) is 31.4 Å². The Hall–Kier alpha value is -2.08. The minimum Gasteiger partial charge on any atom is -0.399 e. The molecule has 112 valence electrons. The van der Waals surface area contributed by atoms with Crippen molar-refractivity contribution in [2.75, 3.05) is 25.9 Å². The van der Waals surface area contributed by atoms with Gasteiger partial charge in [0.15, 0.2) is 0 Å². The van der Waals surface area contributed by atoms with E-state index in [2.05, 4.69) is 5.10 Å². The van der Waals surface area contributed by atoms with Gasteiger partial charge in [-0.25, -0.2) is 4.52 Å². The molecular formula is C15H20N4O2. The lowest BCUT2D eigenvalue weighted by Gasteiger charge is -2.27. The highest BCUT2D eigenvalue weighted by atomic mass is 16.5. The number of hydrogen-bond donors (Lipinski definition) is 1. The molecule has 1 aliphatic rings. The van der Waals surface area contributed by atoms with Crippen LogP contribution in [-0.2, 0) is 4.74 Å². The van der Waals surface area contributed by atoms with Crippen molar-refractivity contribution in [1.29, 1.82) is 0 Å². The van der Waals surface area contributed by atoms with Crippen molar-refractivity contribution in [3.63, 3.8) is 0 Å². The van der Waals surface area contributed by atoms with Crippen LogP contribution in [0, 0.1) is 0 Å². The van der Waals surface area contributed by atoms with Crippen LogP contribution in [0.5, 0.6) is 0 Å². The minimum absolute atomic E-state index is 0.0511. The summed E-state index contributed by atoms with van der Waals surface area (Å²) >= 11 is 0. The number of nitrogen functional groups attached to an aromatic ring is 1. The Morgan fingerprint density at radius 2 is 2.43 bits per heavy atom. The molecule has 0 saturated carbocycles. The molecule has 0 bridgehead atoms. The van der Waals surface area contributed by atoms with E-state index < -0.39 is 0 Å². The summed E-state index contributed by atoms with van der Waals surface area (Å²) in [6.45, 7) is 1.40. The van der Waals surface area contributed by atoms with Gasteiger partial charge in [0.25, 0.3) is 5.91 Å². The number of nitrogens with two attached hydrogens (primary N) is 1. The molecule has 0 radical (unpaired) electrons. The molecule has 2 aromatic heterocycles. The average Bonchev–Trinajstić information content (AvgIpc) is 2.90. The third-order valence-corrected chi connectivity index (χ3v) is 3.87. The normalized spacial score (nSPS) is 18.8. The first-order valence-electron chi connectivity index (χ1n) is 7.25. The lowest BCUT2D eigenvalue weighted by molar-refractivity contribution is -0.000154. The van der Waals surface area contributed by atoms with Gasteiger partial charge in [0, 0.05) is 32.1 Å². The fraction of sp³-hybridized carbons (Fsp3) is 0.467. The fourth-order valence-corrected chi connectivity index (χ4v) is 2.71. The smallest absolute Gasteiger partial charge is 0.257 e. The molecular weight excluding hydrogens is 268 g/mol. The van der Waals surface area contributed by atoms with Crippen molar-refractivity contribution in [1.82, 2.24) is 14.5 Å². The Balaban J connectivity index is 1.77. The van der Waals surface area contributed by atoms with E-state index in [0.717, 1.165) is 25.0 Å². The summed E-state index contributed by atoms with van der Waals surface area (Å²) in [5.74, 6) is -0.0511. The molecule has 2 aromatic rings. The van der Waals surface area contributed by atoms with Crippen LogP contribution < -0.4 is 5.73 Å². The van der Waals surface area contributed by atoms with Crippen molar-refractivity contribution in [2.45, 2.75) is 25.4 Å². The molecule has 3 heterocycles. The van der Waals surface area contributed by atoms with Crippen molar-refractivity contribution in [3.8, 4) is 0 Å². The minimum atomic E-state index is -0.0511. The SMILES string of the molecule is CN(CC1CCCCO1)C(=O)c1cnn2ccc(N)cc12. The average molecular weight is 288 g/mol. The Kier molecular flexibility index (Phi) is 3.79. The van der Waals surface area contributed by atoms with Gasteiger partial charge in [-0.1, -0.05) is 0 Å². The molecule has 1 amide bonds. The number of fused-ring (bicyclic) bond motifs is 1. The molecule has 3 rings (SSSR count). The van der Waals surface area contributed by atoms with Crippen LogP contribution in [0.4, 0.5) is 5.69 Å². The van der Waals surface area contributed by atoms with E-state index in [1.54, 1.807) is 41.0 Å². The van der Waals surface area contributed by atoms with E-state index in [-0.39, 0.29) is 12.0 Å². The second-order valence-corrected chi connectivity index (χ2v) is 5.52. The summed E-state index contributed by atoms with van der Waals surface area (Å²) in [5, 5.41) is 4.19. The number of hydrogen-bond acceptors (Lipinski definition) is 4. The number of likely N-dealkylation sites (N-methyl/N-ethyl adjacent to an activating group) is 1. The molecule has 1 fully saturated rings. The molecule has 1 unspecified atom stereocenters. The standard InChI is InChI=1S/C15H20N4O2/c1-18(10-12-4-2-3-7-21-12)15(20)13-9-17-19-6-5-11(16)8-14(13)19/h5-6,8-9,12H,2-4,7,10,16H2,1H3. The first kappa shape index (κ1) is 13.9. The third kappa shape index (κ3) is 2.85. The zero-order chi connectivity index (χ0) is 14.8. The maximum Gasteiger partial charge on any atom is 0.257 e. The molecule has 1 aliphatic heterocycles. The Morgan fingerprint density at radius 1 is 1.57 bits per heavy atom. The highest BCUT2D eigenvalue weighted by Gasteiger charge is 2.22. The van der Waals surface area contributed by atoms with Crippen LogP contribution >= 0.6 is 0 Å². The van der Waals surface area contributed by atoms with Crippen LogP contribution in [0.1, 0.15) is 29.6 Å². The summed E-state index contributed by atoms with van der Waals surface area (Å²) < 4.78 is 7.35. The van der Waals surface area contributed by atoms with Crippen LogP contribution in [0.25, 0.3) is 5.52 Å². The third-order valence-electron chi connectivity index (χ3n) is 3.87. The van der Waals surface area contributed by atoms with E-state index in [0.29, 0.717) is 17.8 Å². The molecule has 6 nitrogen and oxygen atoms in total. The predicted molar refractivity (Wildman–Crippen MR) is 80.2 cm³/mol. The largest absolute Gasteiger partial charge is 0.399 e. The van der Waals surface area contributed by atoms with Gasteiger partial charge in [0.2, 0.25) is 0 Å². The number of anilines is 1. The zero-order valence-corrected chi connectivity index (χ0v) is 12.2. The first-order valence-corrected chi connectivity index (χ1v) is 7.25. The van der Waals surface area contributed by atoms with E-state index in [1.807, 2.05) is 0 Å². The van der Waals surface area contributed by atoms with Crippen LogP contribution in [0.3, 0.4) is 0 Å². The second-order valence-electron chi connectivity index (χ2n) is 5.52. The first-order chi connectivity index (χ1) is 10.1. The highest BCUT2D eigenvalue weighted by molar-refractivity contribution is 6.00. The number of aromatic nitrogens is 2. The van der Waals surface area contributed by atoms with E-state index >= 15 is 0 Å². The maximum atomic E-state index is 12.6. The quantitative estimate of drug-likeness (QED) is 0.930. The summed E-state index contributed by atoms with van der Waals surface area (Å²) in [6, 6.07) is 3.53. The zero-order valence-electron chi connectivity index (χ0n) is 12.2. The van der Waals surface area contributed by atoms with Gasteiger partial charge in [-0.15, -0.1) is 0 Å². The Morgan fingerprint density at radius 3 is 3.19 bits per heavy atom. The second kappa shape index (κ2) is 5.73. The van der Waals surface area contributed by atoms with E-state index in [4.69, 9.17) is 10.5 Å².